The second-order valence-corrected chi connectivity index (χ2v) is 7.88. The molecule has 1 heterocycles. The first-order valence-electron chi connectivity index (χ1n) is 10.1. The van der Waals surface area contributed by atoms with E-state index >= 15 is 0 Å². The molecular weight excluding hydrogens is 400 g/mol. The molecule has 1 aliphatic heterocycles. The molecule has 1 saturated heterocycles. The Hall–Kier alpha value is -2.76. The number of ether oxygens (including phenoxy) is 2. The number of fused-ring (bicyclic) bond motifs is 1. The van der Waals surface area contributed by atoms with Gasteiger partial charge in [0.25, 0.3) is 5.91 Å². The summed E-state index contributed by atoms with van der Waals surface area (Å²) in [6.07, 6.45) is 0. The summed E-state index contributed by atoms with van der Waals surface area (Å²) in [4.78, 5) is 16.8. The van der Waals surface area contributed by atoms with Gasteiger partial charge in [-0.3, -0.25) is 9.69 Å². The average Bonchev–Trinajstić information content (AvgIpc) is 2.79. The SMILES string of the molecule is COc1ccc2ccc(OCC(=O)N3CCN(Cc4ccc(Cl)cc4)CC3)cc2c1. The van der Waals surface area contributed by atoms with Crippen LogP contribution in [0.4, 0.5) is 0 Å². The van der Waals surface area contributed by atoms with E-state index < -0.39 is 0 Å². The van der Waals surface area contributed by atoms with Gasteiger partial charge in [-0.15, -0.1) is 0 Å². The maximum absolute atomic E-state index is 12.6. The molecule has 0 aromatic heterocycles. The normalized spacial score (nSPS) is 14.7. The van der Waals surface area contributed by atoms with E-state index in [0.717, 1.165) is 41.2 Å². The van der Waals surface area contributed by atoms with E-state index in [1.54, 1.807) is 7.11 Å². The summed E-state index contributed by atoms with van der Waals surface area (Å²) in [6.45, 7) is 4.05. The quantitative estimate of drug-likeness (QED) is 0.594. The number of hydrogen-bond donors (Lipinski definition) is 0. The van der Waals surface area contributed by atoms with Gasteiger partial charge in [-0.05, 0) is 52.7 Å². The van der Waals surface area contributed by atoms with Crippen molar-refractivity contribution in [2.75, 3.05) is 39.9 Å². The van der Waals surface area contributed by atoms with Crippen molar-refractivity contribution < 1.29 is 14.3 Å². The van der Waals surface area contributed by atoms with Crippen molar-refractivity contribution in [3.05, 3.63) is 71.2 Å². The number of nitrogens with zero attached hydrogens (tertiary/aromatic N) is 2. The first-order valence-corrected chi connectivity index (χ1v) is 10.4. The molecule has 0 spiro atoms. The molecule has 1 fully saturated rings. The Morgan fingerprint density at radius 2 is 1.57 bits per heavy atom. The average molecular weight is 425 g/mol. The second kappa shape index (κ2) is 9.37. The third-order valence-electron chi connectivity index (χ3n) is 5.43. The molecule has 0 N–H and O–H groups in total. The number of carbonyl (C=O) groups excluding carboxylic acids is 1. The first-order chi connectivity index (χ1) is 14.6. The van der Waals surface area contributed by atoms with Gasteiger partial charge in [-0.25, -0.2) is 0 Å². The minimum absolute atomic E-state index is 0.0203. The van der Waals surface area contributed by atoms with Crippen LogP contribution in [0.3, 0.4) is 0 Å². The number of methoxy groups -OCH3 is 1. The zero-order valence-electron chi connectivity index (χ0n) is 17.0. The number of amides is 1. The minimum atomic E-state index is 0.0203. The van der Waals surface area contributed by atoms with E-state index in [1.165, 1.54) is 5.56 Å². The molecule has 0 bridgehead atoms. The lowest BCUT2D eigenvalue weighted by Gasteiger charge is -2.34. The lowest BCUT2D eigenvalue weighted by molar-refractivity contribution is -0.135. The Labute approximate surface area is 181 Å². The van der Waals surface area contributed by atoms with Gasteiger partial charge in [0.05, 0.1) is 7.11 Å². The number of hydrogen-bond acceptors (Lipinski definition) is 4. The number of benzene rings is 3. The van der Waals surface area contributed by atoms with Crippen molar-refractivity contribution in [3.63, 3.8) is 0 Å². The maximum Gasteiger partial charge on any atom is 0.260 e. The van der Waals surface area contributed by atoms with Crippen LogP contribution in [0.2, 0.25) is 5.02 Å². The zero-order valence-corrected chi connectivity index (χ0v) is 17.8. The molecule has 0 unspecified atom stereocenters. The van der Waals surface area contributed by atoms with E-state index in [9.17, 15) is 4.79 Å². The van der Waals surface area contributed by atoms with E-state index in [1.807, 2.05) is 65.6 Å². The van der Waals surface area contributed by atoms with Crippen LogP contribution in [0.15, 0.2) is 60.7 Å². The van der Waals surface area contributed by atoms with Crippen LogP contribution in [-0.4, -0.2) is 55.6 Å². The fourth-order valence-corrected chi connectivity index (χ4v) is 3.79. The van der Waals surface area contributed by atoms with Gasteiger partial charge in [0.1, 0.15) is 11.5 Å². The highest BCUT2D eigenvalue weighted by Gasteiger charge is 2.21. The van der Waals surface area contributed by atoms with Crippen LogP contribution >= 0.6 is 11.6 Å². The summed E-state index contributed by atoms with van der Waals surface area (Å²) in [5.41, 5.74) is 1.23. The molecule has 0 radical (unpaired) electrons. The summed E-state index contributed by atoms with van der Waals surface area (Å²) < 4.78 is 11.1. The molecule has 5 nitrogen and oxygen atoms in total. The number of carbonyl (C=O) groups is 1. The third-order valence-corrected chi connectivity index (χ3v) is 5.68. The Bertz CT molecular complexity index is 1010. The van der Waals surface area contributed by atoms with Crippen LogP contribution in [-0.2, 0) is 11.3 Å². The van der Waals surface area contributed by atoms with Crippen molar-refractivity contribution in [1.29, 1.82) is 0 Å². The van der Waals surface area contributed by atoms with E-state index in [0.29, 0.717) is 18.8 Å². The molecule has 6 heteroatoms. The second-order valence-electron chi connectivity index (χ2n) is 7.45. The highest BCUT2D eigenvalue weighted by atomic mass is 35.5. The molecule has 4 rings (SSSR count). The van der Waals surface area contributed by atoms with Crippen molar-refractivity contribution in [2.45, 2.75) is 6.54 Å². The topological polar surface area (TPSA) is 42.0 Å². The number of piperazine rings is 1. The largest absolute Gasteiger partial charge is 0.497 e. The maximum atomic E-state index is 12.6. The van der Waals surface area contributed by atoms with Gasteiger partial charge < -0.3 is 14.4 Å². The van der Waals surface area contributed by atoms with Gasteiger partial charge in [0, 0.05) is 37.7 Å². The molecular formula is C24H25ClN2O3. The Kier molecular flexibility index (Phi) is 6.41. The molecule has 0 saturated carbocycles. The summed E-state index contributed by atoms with van der Waals surface area (Å²) in [5, 5.41) is 2.88. The molecule has 3 aromatic carbocycles. The van der Waals surface area contributed by atoms with Gasteiger partial charge in [-0.1, -0.05) is 35.9 Å². The molecule has 1 aliphatic rings. The van der Waals surface area contributed by atoms with Gasteiger partial charge >= 0.3 is 0 Å². The van der Waals surface area contributed by atoms with Crippen LogP contribution < -0.4 is 9.47 Å². The first kappa shape index (κ1) is 20.5. The highest BCUT2D eigenvalue weighted by Crippen LogP contribution is 2.25. The Morgan fingerprint density at radius 1 is 0.900 bits per heavy atom. The van der Waals surface area contributed by atoms with Crippen molar-refractivity contribution in [2.24, 2.45) is 0 Å². The standard InChI is InChI=1S/C24H25ClN2O3/c1-29-22-8-4-19-5-9-23(15-20(19)14-22)30-17-24(28)27-12-10-26(11-13-27)16-18-2-6-21(25)7-3-18/h2-9,14-15H,10-13,16-17H2,1H3. The van der Waals surface area contributed by atoms with Crippen LogP contribution in [0, 0.1) is 0 Å². The van der Waals surface area contributed by atoms with Gasteiger partial charge in [-0.2, -0.15) is 0 Å². The van der Waals surface area contributed by atoms with Gasteiger partial charge in [0.2, 0.25) is 0 Å². The van der Waals surface area contributed by atoms with Crippen LogP contribution in [0.25, 0.3) is 10.8 Å². The lowest BCUT2D eigenvalue weighted by Crippen LogP contribution is -2.49. The Morgan fingerprint density at radius 3 is 2.27 bits per heavy atom. The van der Waals surface area contributed by atoms with Crippen LogP contribution in [0.1, 0.15) is 5.56 Å². The van der Waals surface area contributed by atoms with Gasteiger partial charge in [0.15, 0.2) is 6.61 Å². The Balaban J connectivity index is 1.27. The predicted molar refractivity (Wildman–Crippen MR) is 119 cm³/mol. The van der Waals surface area contributed by atoms with Crippen molar-refractivity contribution in [3.8, 4) is 11.5 Å². The molecule has 0 atom stereocenters. The minimum Gasteiger partial charge on any atom is -0.497 e. The van der Waals surface area contributed by atoms with Crippen molar-refractivity contribution in [1.82, 2.24) is 9.80 Å². The fourth-order valence-electron chi connectivity index (χ4n) is 3.66. The van der Waals surface area contributed by atoms with E-state index in [4.69, 9.17) is 21.1 Å². The third kappa shape index (κ3) is 5.04. The molecule has 1 amide bonds. The smallest absolute Gasteiger partial charge is 0.260 e. The van der Waals surface area contributed by atoms with Crippen molar-refractivity contribution >= 4 is 28.3 Å². The van der Waals surface area contributed by atoms with E-state index in [-0.39, 0.29) is 12.5 Å². The predicted octanol–water partition coefficient (Wildman–Crippen LogP) is 4.23. The zero-order chi connectivity index (χ0) is 20.9. The molecule has 156 valence electrons. The molecule has 0 aliphatic carbocycles. The number of halogens is 1. The summed E-state index contributed by atoms with van der Waals surface area (Å²) >= 11 is 5.95. The summed E-state index contributed by atoms with van der Waals surface area (Å²) in [7, 11) is 1.65. The fraction of sp³-hybridized carbons (Fsp3) is 0.292. The summed E-state index contributed by atoms with van der Waals surface area (Å²) in [5.74, 6) is 1.50. The molecule has 3 aromatic rings. The van der Waals surface area contributed by atoms with Crippen LogP contribution in [0.5, 0.6) is 11.5 Å². The number of rotatable bonds is 6. The highest BCUT2D eigenvalue weighted by molar-refractivity contribution is 6.30. The monoisotopic (exact) mass is 424 g/mol. The summed E-state index contributed by atoms with van der Waals surface area (Å²) in [6, 6.07) is 19.6. The lowest BCUT2D eigenvalue weighted by atomic mass is 10.1. The van der Waals surface area contributed by atoms with E-state index in [2.05, 4.69) is 4.90 Å². The molecule has 30 heavy (non-hydrogen) atoms.